The molecule has 0 radical (unpaired) electrons. The van der Waals surface area contributed by atoms with Crippen LogP contribution in [0.2, 0.25) is 0 Å². The van der Waals surface area contributed by atoms with E-state index in [1.54, 1.807) is 0 Å². The molecule has 4 nitrogen and oxygen atoms in total. The number of halogens is 1. The van der Waals surface area contributed by atoms with Crippen LogP contribution < -0.4 is 0 Å². The van der Waals surface area contributed by atoms with E-state index in [0.29, 0.717) is 12.3 Å². The molecule has 2 heterocycles. The number of hydrogen-bond acceptors (Lipinski definition) is 2. The van der Waals surface area contributed by atoms with Crippen molar-refractivity contribution in [2.75, 3.05) is 6.54 Å². The molecular formula is C12H16IN3O. The molecule has 0 spiro atoms. The Morgan fingerprint density at radius 1 is 1.47 bits per heavy atom. The van der Waals surface area contributed by atoms with E-state index in [4.69, 9.17) is 0 Å². The van der Waals surface area contributed by atoms with Gasteiger partial charge in [-0.1, -0.05) is 6.92 Å². The third-order valence-electron chi connectivity index (χ3n) is 3.59. The van der Waals surface area contributed by atoms with Crippen LogP contribution in [0.1, 0.15) is 43.6 Å². The molecule has 1 aliphatic carbocycles. The zero-order valence-electron chi connectivity index (χ0n) is 9.95. The normalized spacial score (nSPS) is 19.3. The fourth-order valence-electron chi connectivity index (χ4n) is 2.45. The molecule has 2 aliphatic rings. The summed E-state index contributed by atoms with van der Waals surface area (Å²) in [6, 6.07) is 0. The highest BCUT2D eigenvalue weighted by atomic mass is 127. The van der Waals surface area contributed by atoms with E-state index in [-0.39, 0.29) is 5.91 Å². The van der Waals surface area contributed by atoms with Crippen molar-refractivity contribution in [3.8, 4) is 0 Å². The first-order valence-electron chi connectivity index (χ1n) is 6.23. The summed E-state index contributed by atoms with van der Waals surface area (Å²) >= 11 is 2.30. The largest absolute Gasteiger partial charge is 0.335 e. The molecule has 0 N–H and O–H groups in total. The Hall–Kier alpha value is -0.590. The van der Waals surface area contributed by atoms with Gasteiger partial charge in [-0.25, -0.2) is 4.98 Å². The van der Waals surface area contributed by atoms with E-state index in [9.17, 15) is 4.79 Å². The average molecular weight is 345 g/mol. The second kappa shape index (κ2) is 4.26. The second-order valence-electron chi connectivity index (χ2n) is 4.80. The van der Waals surface area contributed by atoms with Gasteiger partial charge >= 0.3 is 0 Å². The van der Waals surface area contributed by atoms with Crippen LogP contribution in [0.5, 0.6) is 0 Å². The van der Waals surface area contributed by atoms with Crippen molar-refractivity contribution in [3.05, 3.63) is 15.2 Å². The highest BCUT2D eigenvalue weighted by Gasteiger charge is 2.33. The van der Waals surface area contributed by atoms with Crippen LogP contribution in [-0.4, -0.2) is 26.9 Å². The van der Waals surface area contributed by atoms with Crippen molar-refractivity contribution in [1.82, 2.24) is 14.5 Å². The number of nitrogens with zero attached hydrogens (tertiary/aromatic N) is 3. The maximum Gasteiger partial charge on any atom is 0.222 e. The Bertz CT molecular complexity index is 465. The van der Waals surface area contributed by atoms with Crippen LogP contribution in [0.15, 0.2) is 0 Å². The smallest absolute Gasteiger partial charge is 0.222 e. The molecule has 0 unspecified atom stereocenters. The number of rotatable bonds is 2. The van der Waals surface area contributed by atoms with Gasteiger partial charge in [0.25, 0.3) is 0 Å². The van der Waals surface area contributed by atoms with E-state index < -0.39 is 0 Å². The number of carbonyl (C=O) groups is 1. The van der Waals surface area contributed by atoms with Crippen molar-refractivity contribution in [3.63, 3.8) is 0 Å². The molecule has 1 saturated carbocycles. The Balaban J connectivity index is 1.89. The lowest BCUT2D eigenvalue weighted by Gasteiger charge is -2.29. The number of carbonyl (C=O) groups excluding carboxylic acids is 1. The first-order valence-corrected chi connectivity index (χ1v) is 7.31. The van der Waals surface area contributed by atoms with Crippen LogP contribution >= 0.6 is 22.6 Å². The van der Waals surface area contributed by atoms with Gasteiger partial charge in [-0.2, -0.15) is 0 Å². The number of hydrogen-bond donors (Lipinski definition) is 0. The molecule has 0 bridgehead atoms. The summed E-state index contributed by atoms with van der Waals surface area (Å²) in [6.45, 7) is 4.42. The predicted molar refractivity (Wildman–Crippen MR) is 72.6 cm³/mol. The molecule has 1 aromatic heterocycles. The third-order valence-corrected chi connectivity index (χ3v) is 4.45. The summed E-state index contributed by atoms with van der Waals surface area (Å²) in [5.41, 5.74) is 1.24. The summed E-state index contributed by atoms with van der Waals surface area (Å²) in [5.74, 6) is 2.19. The number of fused-ring (bicyclic) bond motifs is 1. The predicted octanol–water partition coefficient (Wildman–Crippen LogP) is 2.12. The summed E-state index contributed by atoms with van der Waals surface area (Å²) in [6.07, 6.45) is 3.16. The monoisotopic (exact) mass is 345 g/mol. The zero-order chi connectivity index (χ0) is 12.0. The number of aromatic nitrogens is 2. The van der Waals surface area contributed by atoms with Crippen molar-refractivity contribution in [2.45, 2.75) is 45.2 Å². The molecule has 17 heavy (non-hydrogen) atoms. The molecule has 5 heteroatoms. The molecular weight excluding hydrogens is 329 g/mol. The molecule has 0 atom stereocenters. The van der Waals surface area contributed by atoms with Gasteiger partial charge in [0.1, 0.15) is 9.53 Å². The van der Waals surface area contributed by atoms with E-state index in [2.05, 4.69) is 32.1 Å². The number of amides is 1. The van der Waals surface area contributed by atoms with Gasteiger partial charge in [0, 0.05) is 25.4 Å². The van der Waals surface area contributed by atoms with Gasteiger partial charge in [0.15, 0.2) is 0 Å². The molecule has 1 aliphatic heterocycles. The van der Waals surface area contributed by atoms with Crippen LogP contribution in [0.4, 0.5) is 0 Å². The lowest BCUT2D eigenvalue weighted by molar-refractivity contribution is -0.132. The van der Waals surface area contributed by atoms with Crippen molar-refractivity contribution in [1.29, 1.82) is 0 Å². The van der Waals surface area contributed by atoms with E-state index >= 15 is 0 Å². The highest BCUT2D eigenvalue weighted by Crippen LogP contribution is 2.41. The molecule has 0 saturated heterocycles. The summed E-state index contributed by atoms with van der Waals surface area (Å²) in [5, 5.41) is 0. The zero-order valence-corrected chi connectivity index (χ0v) is 12.1. The van der Waals surface area contributed by atoms with E-state index in [1.165, 1.54) is 24.4 Å². The fourth-order valence-corrected chi connectivity index (χ4v) is 3.15. The fraction of sp³-hybridized carbons (Fsp3) is 0.667. The maximum absolute atomic E-state index is 11.7. The van der Waals surface area contributed by atoms with Gasteiger partial charge < -0.3 is 9.47 Å². The van der Waals surface area contributed by atoms with Gasteiger partial charge in [-0.15, -0.1) is 0 Å². The first-order chi connectivity index (χ1) is 8.20. The summed E-state index contributed by atoms with van der Waals surface area (Å²) < 4.78 is 3.43. The highest BCUT2D eigenvalue weighted by molar-refractivity contribution is 14.1. The van der Waals surface area contributed by atoms with E-state index in [0.717, 1.165) is 23.3 Å². The van der Waals surface area contributed by atoms with Gasteiger partial charge in [-0.3, -0.25) is 4.79 Å². The maximum atomic E-state index is 11.7. The molecule has 1 aromatic rings. The standard InChI is InChI=1S/C12H16IN3O/c1-2-10(17)15-5-6-16-9(7-15)11(13)14-12(16)8-3-4-8/h8H,2-7H2,1H3. The SMILES string of the molecule is CCC(=O)N1CCn2c(C3CC3)nc(I)c2C1. The second-order valence-corrected chi connectivity index (χ2v) is 5.82. The lowest BCUT2D eigenvalue weighted by atomic mass is 10.2. The quantitative estimate of drug-likeness (QED) is 0.770. The molecule has 1 amide bonds. The van der Waals surface area contributed by atoms with Crippen molar-refractivity contribution in [2.24, 2.45) is 0 Å². The molecule has 92 valence electrons. The average Bonchev–Trinajstić information content (AvgIpc) is 3.14. The third kappa shape index (κ3) is 1.98. The summed E-state index contributed by atoms with van der Waals surface area (Å²) in [7, 11) is 0. The van der Waals surface area contributed by atoms with Crippen molar-refractivity contribution < 1.29 is 4.79 Å². The minimum absolute atomic E-state index is 0.251. The Morgan fingerprint density at radius 2 is 2.24 bits per heavy atom. The van der Waals surface area contributed by atoms with Crippen LogP contribution in [0, 0.1) is 3.70 Å². The number of imidazole rings is 1. The Labute approximate surface area is 115 Å². The minimum Gasteiger partial charge on any atom is -0.335 e. The Morgan fingerprint density at radius 3 is 2.88 bits per heavy atom. The van der Waals surface area contributed by atoms with Crippen LogP contribution in [-0.2, 0) is 17.9 Å². The van der Waals surface area contributed by atoms with Gasteiger partial charge in [0.2, 0.25) is 5.91 Å². The topological polar surface area (TPSA) is 38.1 Å². The minimum atomic E-state index is 0.251. The van der Waals surface area contributed by atoms with Gasteiger partial charge in [-0.05, 0) is 35.4 Å². The molecule has 1 fully saturated rings. The van der Waals surface area contributed by atoms with Crippen LogP contribution in [0.3, 0.4) is 0 Å². The lowest BCUT2D eigenvalue weighted by Crippen LogP contribution is -2.38. The van der Waals surface area contributed by atoms with Gasteiger partial charge in [0.05, 0.1) is 12.2 Å². The molecule has 0 aromatic carbocycles. The Kier molecular flexibility index (Phi) is 2.88. The van der Waals surface area contributed by atoms with E-state index in [1.807, 2.05) is 11.8 Å². The summed E-state index contributed by atoms with van der Waals surface area (Å²) in [4.78, 5) is 18.4. The van der Waals surface area contributed by atoms with Crippen LogP contribution in [0.25, 0.3) is 0 Å². The molecule has 3 rings (SSSR count). The first kappa shape index (κ1) is 11.5. The van der Waals surface area contributed by atoms with Crippen molar-refractivity contribution >= 4 is 28.5 Å².